The number of halogens is 1. The maximum absolute atomic E-state index is 5.94. The number of hydrogen-bond acceptors (Lipinski definition) is 3. The van der Waals surface area contributed by atoms with E-state index in [0.29, 0.717) is 12.5 Å². The van der Waals surface area contributed by atoms with Gasteiger partial charge in [-0.1, -0.05) is 6.07 Å². The zero-order valence-corrected chi connectivity index (χ0v) is 15.8. The predicted molar refractivity (Wildman–Crippen MR) is 105 cm³/mol. The van der Waals surface area contributed by atoms with E-state index in [2.05, 4.69) is 38.9 Å². The van der Waals surface area contributed by atoms with Crippen molar-refractivity contribution in [3.63, 3.8) is 0 Å². The van der Waals surface area contributed by atoms with Crippen molar-refractivity contribution in [3.05, 3.63) is 45.4 Å². The second kappa shape index (κ2) is 7.92. The molecule has 0 amide bonds. The van der Waals surface area contributed by atoms with Gasteiger partial charge in [-0.2, -0.15) is 0 Å². The molecule has 1 aromatic carbocycles. The van der Waals surface area contributed by atoms with Gasteiger partial charge < -0.3 is 11.1 Å². The fourth-order valence-electron chi connectivity index (χ4n) is 2.65. The number of rotatable bonds is 4. The zero-order valence-electron chi connectivity index (χ0n) is 12.6. The molecule has 2 aromatic rings. The van der Waals surface area contributed by atoms with Crippen LogP contribution in [0.15, 0.2) is 28.6 Å². The molecule has 0 saturated carbocycles. The normalized spacial score (nSPS) is 13.6. The number of fused-ring (bicyclic) bond motifs is 1. The van der Waals surface area contributed by atoms with Crippen molar-refractivity contribution in [1.82, 2.24) is 4.98 Å². The Morgan fingerprint density at radius 2 is 2.18 bits per heavy atom. The Labute approximate surface area is 152 Å². The molecule has 0 aliphatic heterocycles. The summed E-state index contributed by atoms with van der Waals surface area (Å²) < 4.78 is 0. The van der Waals surface area contributed by atoms with E-state index < -0.39 is 0 Å². The van der Waals surface area contributed by atoms with Gasteiger partial charge in [0.05, 0.1) is 10.7 Å². The summed E-state index contributed by atoms with van der Waals surface area (Å²) in [4.78, 5) is 8.78. The van der Waals surface area contributed by atoms with Gasteiger partial charge in [-0.25, -0.2) is 4.98 Å². The molecule has 118 valence electrons. The quantitative estimate of drug-likeness (QED) is 0.445. The van der Waals surface area contributed by atoms with Crippen LogP contribution < -0.4 is 11.1 Å². The Morgan fingerprint density at radius 3 is 2.95 bits per heavy atom. The van der Waals surface area contributed by atoms with E-state index in [9.17, 15) is 0 Å². The van der Waals surface area contributed by atoms with Gasteiger partial charge in [0, 0.05) is 24.0 Å². The highest BCUT2D eigenvalue weighted by Gasteiger charge is 2.10. The van der Waals surface area contributed by atoms with Crippen LogP contribution in [0, 0.1) is 6.92 Å². The molecule has 0 spiro atoms. The van der Waals surface area contributed by atoms with Crippen LogP contribution in [0.2, 0.25) is 0 Å². The average Bonchev–Trinajstić information content (AvgIpc) is 3.07. The van der Waals surface area contributed by atoms with Crippen LogP contribution in [-0.2, 0) is 19.3 Å². The SMILES string of the molecule is Cc1nc(CCN=C(N)Nc2ccc3c(c2)CCC3)cs1.I. The second-order valence-corrected chi connectivity index (χ2v) is 6.40. The molecule has 4 nitrogen and oxygen atoms in total. The first kappa shape index (κ1) is 17.2. The van der Waals surface area contributed by atoms with Crippen LogP contribution in [-0.4, -0.2) is 17.5 Å². The highest BCUT2D eigenvalue weighted by molar-refractivity contribution is 14.0. The van der Waals surface area contributed by atoms with Crippen LogP contribution >= 0.6 is 35.3 Å². The molecule has 0 atom stereocenters. The highest BCUT2D eigenvalue weighted by atomic mass is 127. The number of nitrogens with zero attached hydrogens (tertiary/aromatic N) is 2. The van der Waals surface area contributed by atoms with E-state index in [1.54, 1.807) is 11.3 Å². The van der Waals surface area contributed by atoms with E-state index >= 15 is 0 Å². The fourth-order valence-corrected chi connectivity index (χ4v) is 3.30. The van der Waals surface area contributed by atoms with Gasteiger partial charge in [-0.15, -0.1) is 35.3 Å². The Balaban J connectivity index is 0.00000176. The summed E-state index contributed by atoms with van der Waals surface area (Å²) in [7, 11) is 0. The molecule has 1 heterocycles. The smallest absolute Gasteiger partial charge is 0.193 e. The maximum Gasteiger partial charge on any atom is 0.193 e. The number of nitrogens with one attached hydrogen (secondary N) is 1. The number of nitrogens with two attached hydrogens (primary N) is 1. The van der Waals surface area contributed by atoms with E-state index in [1.807, 2.05) is 6.92 Å². The second-order valence-electron chi connectivity index (χ2n) is 5.34. The molecule has 0 unspecified atom stereocenters. The molecule has 0 bridgehead atoms. The van der Waals surface area contributed by atoms with Gasteiger partial charge in [0.25, 0.3) is 0 Å². The standard InChI is InChI=1S/C16H20N4S.HI/c1-11-19-15(10-21-11)7-8-18-16(17)20-14-6-5-12-3-2-4-13(12)9-14;/h5-6,9-10H,2-4,7-8H2,1H3,(H3,17,18,20);1H. The van der Waals surface area contributed by atoms with Gasteiger partial charge >= 0.3 is 0 Å². The summed E-state index contributed by atoms with van der Waals surface area (Å²) in [5.74, 6) is 0.472. The monoisotopic (exact) mass is 428 g/mol. The lowest BCUT2D eigenvalue weighted by Crippen LogP contribution is -2.23. The van der Waals surface area contributed by atoms with Crippen molar-refractivity contribution in [2.24, 2.45) is 10.7 Å². The van der Waals surface area contributed by atoms with Gasteiger partial charge in [0.1, 0.15) is 0 Å². The van der Waals surface area contributed by atoms with Gasteiger partial charge in [-0.05, 0) is 49.4 Å². The molecule has 0 saturated heterocycles. The Kier molecular flexibility index (Phi) is 6.19. The third-order valence-corrected chi connectivity index (χ3v) is 4.51. The third-order valence-electron chi connectivity index (χ3n) is 3.69. The first-order valence-corrected chi connectivity index (χ1v) is 8.18. The van der Waals surface area contributed by atoms with Crippen molar-refractivity contribution in [2.75, 3.05) is 11.9 Å². The maximum atomic E-state index is 5.94. The number of hydrogen-bond donors (Lipinski definition) is 2. The first-order valence-electron chi connectivity index (χ1n) is 7.30. The highest BCUT2D eigenvalue weighted by Crippen LogP contribution is 2.24. The van der Waals surface area contributed by atoms with Crippen LogP contribution in [0.3, 0.4) is 0 Å². The van der Waals surface area contributed by atoms with E-state index in [1.165, 1.54) is 30.4 Å². The van der Waals surface area contributed by atoms with Crippen LogP contribution in [0.25, 0.3) is 0 Å². The van der Waals surface area contributed by atoms with E-state index in [-0.39, 0.29) is 24.0 Å². The van der Waals surface area contributed by atoms with Gasteiger partial charge in [0.2, 0.25) is 0 Å². The minimum Gasteiger partial charge on any atom is -0.370 e. The lowest BCUT2D eigenvalue weighted by atomic mass is 10.1. The summed E-state index contributed by atoms with van der Waals surface area (Å²) >= 11 is 1.67. The molecule has 0 radical (unpaired) electrons. The lowest BCUT2D eigenvalue weighted by molar-refractivity contribution is 0.912. The van der Waals surface area contributed by atoms with E-state index in [4.69, 9.17) is 5.73 Å². The van der Waals surface area contributed by atoms with Crippen molar-refractivity contribution < 1.29 is 0 Å². The minimum atomic E-state index is 0. The number of anilines is 1. The Hall–Kier alpha value is -1.15. The summed E-state index contributed by atoms with van der Waals surface area (Å²) in [5, 5.41) is 6.35. The van der Waals surface area contributed by atoms with Crippen molar-refractivity contribution in [1.29, 1.82) is 0 Å². The number of benzene rings is 1. The summed E-state index contributed by atoms with van der Waals surface area (Å²) in [6, 6.07) is 6.46. The zero-order chi connectivity index (χ0) is 14.7. The molecule has 22 heavy (non-hydrogen) atoms. The molecular formula is C16H21IN4S. The number of aromatic nitrogens is 1. The molecule has 1 aliphatic rings. The first-order chi connectivity index (χ1) is 10.2. The van der Waals surface area contributed by atoms with E-state index in [0.717, 1.165) is 22.8 Å². The Bertz CT molecular complexity index is 666. The predicted octanol–water partition coefficient (Wildman–Crippen LogP) is 3.53. The van der Waals surface area contributed by atoms with Crippen LogP contribution in [0.5, 0.6) is 0 Å². The third kappa shape index (κ3) is 4.42. The van der Waals surface area contributed by atoms with Gasteiger partial charge in [-0.3, -0.25) is 4.99 Å². The molecule has 6 heteroatoms. The van der Waals surface area contributed by atoms with Crippen molar-refractivity contribution in [3.8, 4) is 0 Å². The number of thiazole rings is 1. The Morgan fingerprint density at radius 1 is 1.36 bits per heavy atom. The largest absolute Gasteiger partial charge is 0.370 e. The summed E-state index contributed by atoms with van der Waals surface area (Å²) in [6.45, 7) is 2.67. The van der Waals surface area contributed by atoms with Crippen molar-refractivity contribution >= 4 is 47.0 Å². The topological polar surface area (TPSA) is 63.3 Å². The molecule has 3 N–H and O–H groups in total. The summed E-state index contributed by atoms with van der Waals surface area (Å²) in [5.41, 5.74) is 11.0. The minimum absolute atomic E-state index is 0. The fraction of sp³-hybridized carbons (Fsp3) is 0.375. The molecule has 0 fully saturated rings. The average molecular weight is 428 g/mol. The molecule has 1 aliphatic carbocycles. The number of guanidine groups is 1. The van der Waals surface area contributed by atoms with Crippen LogP contribution in [0.4, 0.5) is 5.69 Å². The number of aliphatic imine (C=N–C) groups is 1. The molecule has 3 rings (SSSR count). The number of aryl methyl sites for hydroxylation is 3. The molecular weight excluding hydrogens is 407 g/mol. The van der Waals surface area contributed by atoms with Gasteiger partial charge in [0.15, 0.2) is 5.96 Å². The summed E-state index contributed by atoms with van der Waals surface area (Å²) in [6.07, 6.45) is 4.46. The molecule has 1 aromatic heterocycles. The lowest BCUT2D eigenvalue weighted by Gasteiger charge is -2.07. The van der Waals surface area contributed by atoms with Crippen LogP contribution in [0.1, 0.15) is 28.2 Å². The van der Waals surface area contributed by atoms with Crippen molar-refractivity contribution in [2.45, 2.75) is 32.6 Å².